The van der Waals surface area contributed by atoms with Gasteiger partial charge in [0.1, 0.15) is 0 Å². The average molecular weight is 348 g/mol. The summed E-state index contributed by atoms with van der Waals surface area (Å²) in [6.45, 7) is 9.97. The summed E-state index contributed by atoms with van der Waals surface area (Å²) in [5, 5.41) is 1.36. The first-order chi connectivity index (χ1) is 12.7. The molecule has 1 unspecified atom stereocenters. The average Bonchev–Trinajstić information content (AvgIpc) is 2.94. The molecule has 2 aromatic heterocycles. The zero-order valence-corrected chi connectivity index (χ0v) is 16.2. The number of benzene rings is 1. The molecule has 1 aliphatic rings. The van der Waals surface area contributed by atoms with Gasteiger partial charge >= 0.3 is 0 Å². The second-order valence-corrected chi connectivity index (χ2v) is 7.59. The lowest BCUT2D eigenvalue weighted by Gasteiger charge is -2.34. The summed E-state index contributed by atoms with van der Waals surface area (Å²) in [6.07, 6.45) is 5.63. The van der Waals surface area contributed by atoms with Gasteiger partial charge in [-0.1, -0.05) is 37.3 Å². The highest BCUT2D eigenvalue weighted by Crippen LogP contribution is 2.35. The first kappa shape index (κ1) is 17.1. The molecule has 1 aliphatic heterocycles. The van der Waals surface area contributed by atoms with Gasteiger partial charge in [-0.15, -0.1) is 0 Å². The van der Waals surface area contributed by atoms with Crippen LogP contribution in [0.3, 0.4) is 0 Å². The number of anilines is 1. The molecule has 0 spiro atoms. The third-order valence-electron chi connectivity index (χ3n) is 5.97. The van der Waals surface area contributed by atoms with E-state index in [0.717, 1.165) is 26.1 Å². The number of fused-ring (bicyclic) bond motifs is 1. The van der Waals surface area contributed by atoms with Crippen molar-refractivity contribution in [1.82, 2.24) is 9.55 Å². The van der Waals surface area contributed by atoms with Crippen LogP contribution in [0.25, 0.3) is 10.9 Å². The molecule has 0 saturated carbocycles. The second-order valence-electron chi connectivity index (χ2n) is 7.59. The Kier molecular flexibility index (Phi) is 4.71. The first-order valence-electron chi connectivity index (χ1n) is 9.95. The molecule has 3 aromatic rings. The van der Waals surface area contributed by atoms with Gasteiger partial charge in [0.15, 0.2) is 5.82 Å². The van der Waals surface area contributed by atoms with E-state index in [1.165, 1.54) is 46.4 Å². The number of piperidine rings is 1. The molecular formula is C23H29N3. The highest BCUT2D eigenvalue weighted by Gasteiger charge is 2.25. The fourth-order valence-electron chi connectivity index (χ4n) is 4.48. The molecule has 0 amide bonds. The van der Waals surface area contributed by atoms with Crippen LogP contribution < -0.4 is 4.90 Å². The molecule has 1 fully saturated rings. The molecule has 0 N–H and O–H groups in total. The van der Waals surface area contributed by atoms with Crippen LogP contribution in [0.1, 0.15) is 48.9 Å². The monoisotopic (exact) mass is 347 g/mol. The van der Waals surface area contributed by atoms with Crippen molar-refractivity contribution in [3.05, 3.63) is 59.4 Å². The van der Waals surface area contributed by atoms with Crippen LogP contribution in [0, 0.1) is 13.8 Å². The minimum Gasteiger partial charge on any atom is -0.354 e. The Bertz CT molecular complexity index is 895. The predicted octanol–water partition coefficient (Wildman–Crippen LogP) is 5.45. The zero-order chi connectivity index (χ0) is 18.1. The third-order valence-corrected chi connectivity index (χ3v) is 5.97. The van der Waals surface area contributed by atoms with Crippen molar-refractivity contribution < 1.29 is 0 Å². The van der Waals surface area contributed by atoms with Crippen LogP contribution >= 0.6 is 0 Å². The summed E-state index contributed by atoms with van der Waals surface area (Å²) < 4.78 is 2.49. The van der Waals surface area contributed by atoms with E-state index >= 15 is 0 Å². The van der Waals surface area contributed by atoms with E-state index in [0.29, 0.717) is 5.92 Å². The number of nitrogens with zero attached hydrogens (tertiary/aromatic N) is 3. The SMILES string of the molecule is CCCn1c(C)c(C)c2ccnc(N3CCCC(c4ccccc4)C3)c21. The van der Waals surface area contributed by atoms with Crippen molar-refractivity contribution >= 4 is 16.7 Å². The van der Waals surface area contributed by atoms with Crippen molar-refractivity contribution in [2.45, 2.75) is 52.5 Å². The van der Waals surface area contributed by atoms with Gasteiger partial charge in [0.25, 0.3) is 0 Å². The van der Waals surface area contributed by atoms with Crippen LogP contribution in [0.2, 0.25) is 0 Å². The summed E-state index contributed by atoms with van der Waals surface area (Å²) >= 11 is 0. The van der Waals surface area contributed by atoms with Gasteiger partial charge in [-0.2, -0.15) is 0 Å². The second kappa shape index (κ2) is 7.14. The van der Waals surface area contributed by atoms with E-state index < -0.39 is 0 Å². The van der Waals surface area contributed by atoms with Crippen molar-refractivity contribution in [3.8, 4) is 0 Å². The van der Waals surface area contributed by atoms with Gasteiger partial charge in [0.2, 0.25) is 0 Å². The Balaban J connectivity index is 1.75. The molecule has 136 valence electrons. The molecule has 0 bridgehead atoms. The number of aryl methyl sites for hydroxylation is 2. The van der Waals surface area contributed by atoms with Crippen LogP contribution in [0.5, 0.6) is 0 Å². The molecule has 3 nitrogen and oxygen atoms in total. The van der Waals surface area contributed by atoms with Gasteiger partial charge in [-0.25, -0.2) is 4.98 Å². The highest BCUT2D eigenvalue weighted by atomic mass is 15.2. The molecular weight excluding hydrogens is 318 g/mol. The Morgan fingerprint density at radius 2 is 1.92 bits per heavy atom. The van der Waals surface area contributed by atoms with Gasteiger partial charge in [-0.05, 0) is 50.3 Å². The Morgan fingerprint density at radius 1 is 1.12 bits per heavy atom. The summed E-state index contributed by atoms with van der Waals surface area (Å²) in [5.74, 6) is 1.77. The van der Waals surface area contributed by atoms with Crippen LogP contribution in [-0.4, -0.2) is 22.6 Å². The number of hydrogen-bond acceptors (Lipinski definition) is 2. The Hall–Kier alpha value is -2.29. The smallest absolute Gasteiger partial charge is 0.153 e. The molecule has 1 saturated heterocycles. The van der Waals surface area contributed by atoms with Crippen LogP contribution in [0.4, 0.5) is 5.82 Å². The summed E-state index contributed by atoms with van der Waals surface area (Å²) in [5.41, 5.74) is 5.57. The fraction of sp³-hybridized carbons (Fsp3) is 0.435. The Labute approximate surface area is 156 Å². The van der Waals surface area contributed by atoms with E-state index in [4.69, 9.17) is 4.98 Å². The minimum atomic E-state index is 0.596. The highest BCUT2D eigenvalue weighted by molar-refractivity contribution is 5.93. The lowest BCUT2D eigenvalue weighted by molar-refractivity contribution is 0.507. The summed E-state index contributed by atoms with van der Waals surface area (Å²) in [7, 11) is 0. The summed E-state index contributed by atoms with van der Waals surface area (Å²) in [4.78, 5) is 7.38. The molecule has 26 heavy (non-hydrogen) atoms. The maximum Gasteiger partial charge on any atom is 0.153 e. The third kappa shape index (κ3) is 2.90. The normalized spacial score (nSPS) is 17.8. The molecule has 3 heteroatoms. The van der Waals surface area contributed by atoms with E-state index in [2.05, 4.69) is 66.6 Å². The van der Waals surface area contributed by atoms with Crippen molar-refractivity contribution in [2.75, 3.05) is 18.0 Å². The fourth-order valence-corrected chi connectivity index (χ4v) is 4.48. The molecule has 4 rings (SSSR count). The van der Waals surface area contributed by atoms with Crippen molar-refractivity contribution in [1.29, 1.82) is 0 Å². The first-order valence-corrected chi connectivity index (χ1v) is 9.95. The zero-order valence-electron chi connectivity index (χ0n) is 16.2. The van der Waals surface area contributed by atoms with Crippen molar-refractivity contribution in [2.24, 2.45) is 0 Å². The molecule has 0 radical (unpaired) electrons. The van der Waals surface area contributed by atoms with Gasteiger partial charge in [0.05, 0.1) is 5.52 Å². The van der Waals surface area contributed by atoms with Gasteiger partial charge in [0, 0.05) is 42.8 Å². The van der Waals surface area contributed by atoms with Crippen molar-refractivity contribution in [3.63, 3.8) is 0 Å². The van der Waals surface area contributed by atoms with E-state index in [1.807, 2.05) is 6.20 Å². The van der Waals surface area contributed by atoms with Crippen LogP contribution in [0.15, 0.2) is 42.6 Å². The molecule has 3 heterocycles. The number of rotatable bonds is 4. The number of pyridine rings is 1. The molecule has 0 aliphatic carbocycles. The standard InChI is InChI=1S/C23H29N3/c1-4-14-26-18(3)17(2)21-12-13-24-23(22(21)26)25-15-8-11-20(16-25)19-9-6-5-7-10-19/h5-7,9-10,12-13,20H,4,8,11,14-16H2,1-3H3. The van der Waals surface area contributed by atoms with E-state index in [-0.39, 0.29) is 0 Å². The maximum atomic E-state index is 4.86. The lowest BCUT2D eigenvalue weighted by Crippen LogP contribution is -2.35. The minimum absolute atomic E-state index is 0.596. The molecule has 1 aromatic carbocycles. The number of hydrogen-bond donors (Lipinski definition) is 0. The lowest BCUT2D eigenvalue weighted by atomic mass is 9.90. The van der Waals surface area contributed by atoms with E-state index in [1.54, 1.807) is 0 Å². The van der Waals surface area contributed by atoms with Gasteiger partial charge < -0.3 is 9.47 Å². The van der Waals surface area contributed by atoms with Gasteiger partial charge in [-0.3, -0.25) is 0 Å². The van der Waals surface area contributed by atoms with Crippen LogP contribution in [-0.2, 0) is 6.54 Å². The predicted molar refractivity (Wildman–Crippen MR) is 110 cm³/mol. The van der Waals surface area contributed by atoms with E-state index in [9.17, 15) is 0 Å². The number of aromatic nitrogens is 2. The summed E-state index contributed by atoms with van der Waals surface area (Å²) in [6, 6.07) is 13.2. The quantitative estimate of drug-likeness (QED) is 0.626. The maximum absolute atomic E-state index is 4.86. The Morgan fingerprint density at radius 3 is 2.69 bits per heavy atom. The topological polar surface area (TPSA) is 21.1 Å². The largest absolute Gasteiger partial charge is 0.354 e. The molecule has 1 atom stereocenters.